The zero-order valence-electron chi connectivity index (χ0n) is 19.5. The van der Waals surface area contributed by atoms with E-state index in [9.17, 15) is 4.79 Å². The summed E-state index contributed by atoms with van der Waals surface area (Å²) in [5.74, 6) is 0.0541. The molecule has 1 saturated heterocycles. The first-order valence-electron chi connectivity index (χ1n) is 11.7. The number of benzene rings is 2. The van der Waals surface area contributed by atoms with Gasteiger partial charge in [0, 0.05) is 56.9 Å². The van der Waals surface area contributed by atoms with Gasteiger partial charge in [-0.1, -0.05) is 60.2 Å². The minimum absolute atomic E-state index is 0.0541. The van der Waals surface area contributed by atoms with Gasteiger partial charge in [-0.05, 0) is 30.2 Å². The van der Waals surface area contributed by atoms with Gasteiger partial charge in [0.25, 0.3) is 5.91 Å². The smallest absolute Gasteiger partial charge is 0.257 e. The maximum absolute atomic E-state index is 13.6. The molecular formula is C28H29N5O. The third-order valence-corrected chi connectivity index (χ3v) is 6.32. The Kier molecular flexibility index (Phi) is 6.49. The lowest BCUT2D eigenvalue weighted by molar-refractivity contribution is 0.0629. The highest BCUT2D eigenvalue weighted by Crippen LogP contribution is 2.25. The number of hydrogen-bond donors (Lipinski definition) is 0. The summed E-state index contributed by atoms with van der Waals surface area (Å²) in [5.41, 5.74) is 5.98. The van der Waals surface area contributed by atoms with Crippen LogP contribution in [0.25, 0.3) is 11.3 Å². The van der Waals surface area contributed by atoms with E-state index in [4.69, 9.17) is 5.10 Å². The van der Waals surface area contributed by atoms with E-state index in [1.54, 1.807) is 0 Å². The fourth-order valence-electron chi connectivity index (χ4n) is 4.38. The van der Waals surface area contributed by atoms with Crippen LogP contribution in [0.1, 0.15) is 27.0 Å². The maximum atomic E-state index is 13.6. The van der Waals surface area contributed by atoms with Crippen molar-refractivity contribution in [3.8, 4) is 11.3 Å². The van der Waals surface area contributed by atoms with Crippen LogP contribution in [0.5, 0.6) is 0 Å². The summed E-state index contributed by atoms with van der Waals surface area (Å²) in [6.45, 7) is 6.70. The average Bonchev–Trinajstić information content (AvgIpc) is 3.29. The molecular weight excluding hydrogens is 422 g/mol. The molecule has 5 rings (SSSR count). The Labute approximate surface area is 200 Å². The number of aromatic nitrogens is 3. The van der Waals surface area contributed by atoms with Gasteiger partial charge < -0.3 is 4.90 Å². The molecule has 34 heavy (non-hydrogen) atoms. The molecule has 0 radical (unpaired) electrons. The average molecular weight is 452 g/mol. The molecule has 2 aromatic heterocycles. The van der Waals surface area contributed by atoms with Crippen LogP contribution in [0.2, 0.25) is 0 Å². The molecule has 0 atom stereocenters. The third kappa shape index (κ3) is 5.07. The van der Waals surface area contributed by atoms with E-state index >= 15 is 0 Å². The molecule has 3 heterocycles. The number of hydrogen-bond acceptors (Lipinski definition) is 4. The highest BCUT2D eigenvalue weighted by Gasteiger charge is 2.26. The van der Waals surface area contributed by atoms with Gasteiger partial charge in [-0.3, -0.25) is 19.4 Å². The Hall–Kier alpha value is -3.77. The van der Waals surface area contributed by atoms with Crippen LogP contribution in [0, 0.1) is 6.92 Å². The van der Waals surface area contributed by atoms with E-state index in [-0.39, 0.29) is 5.91 Å². The SMILES string of the molecule is Cc1ccc(-c2nn(Cc3ccccc3)cc2C(=O)N2CCN(Cc3ccncc3)CC2)cc1. The molecule has 0 unspecified atom stereocenters. The van der Waals surface area contributed by atoms with Crippen LogP contribution in [0.3, 0.4) is 0 Å². The molecule has 0 spiro atoms. The first-order valence-corrected chi connectivity index (χ1v) is 11.7. The predicted molar refractivity (Wildman–Crippen MR) is 133 cm³/mol. The molecule has 4 aromatic rings. The number of carbonyl (C=O) groups is 1. The Balaban J connectivity index is 1.35. The molecule has 0 N–H and O–H groups in total. The largest absolute Gasteiger partial charge is 0.336 e. The van der Waals surface area contributed by atoms with Crippen molar-refractivity contribution in [2.45, 2.75) is 20.0 Å². The maximum Gasteiger partial charge on any atom is 0.257 e. The fourth-order valence-corrected chi connectivity index (χ4v) is 4.38. The molecule has 6 heteroatoms. The van der Waals surface area contributed by atoms with Crippen LogP contribution in [0.4, 0.5) is 0 Å². The lowest BCUT2D eigenvalue weighted by Crippen LogP contribution is -2.48. The van der Waals surface area contributed by atoms with Gasteiger partial charge in [0.2, 0.25) is 0 Å². The summed E-state index contributed by atoms with van der Waals surface area (Å²) in [7, 11) is 0. The van der Waals surface area contributed by atoms with Crippen molar-refractivity contribution in [3.05, 3.63) is 108 Å². The van der Waals surface area contributed by atoms with Gasteiger partial charge in [-0.2, -0.15) is 5.10 Å². The van der Waals surface area contributed by atoms with Crippen molar-refractivity contribution < 1.29 is 4.79 Å². The van der Waals surface area contributed by atoms with E-state index in [1.807, 2.05) is 70.6 Å². The van der Waals surface area contributed by atoms with Crippen molar-refractivity contribution >= 4 is 5.91 Å². The van der Waals surface area contributed by atoms with Gasteiger partial charge in [0.1, 0.15) is 5.69 Å². The van der Waals surface area contributed by atoms with E-state index in [0.717, 1.165) is 36.5 Å². The summed E-state index contributed by atoms with van der Waals surface area (Å²) in [6, 6.07) is 22.5. The summed E-state index contributed by atoms with van der Waals surface area (Å²) < 4.78 is 1.89. The van der Waals surface area contributed by atoms with Crippen LogP contribution in [-0.4, -0.2) is 56.7 Å². The van der Waals surface area contributed by atoms with Gasteiger partial charge in [0.05, 0.1) is 12.1 Å². The summed E-state index contributed by atoms with van der Waals surface area (Å²) in [6.07, 6.45) is 5.57. The minimum Gasteiger partial charge on any atom is -0.336 e. The van der Waals surface area contributed by atoms with Crippen LogP contribution in [0.15, 0.2) is 85.3 Å². The predicted octanol–water partition coefficient (Wildman–Crippen LogP) is 4.26. The molecule has 0 bridgehead atoms. The molecule has 1 aliphatic rings. The second-order valence-electron chi connectivity index (χ2n) is 8.86. The number of pyridine rings is 1. The summed E-state index contributed by atoms with van der Waals surface area (Å²) >= 11 is 0. The monoisotopic (exact) mass is 451 g/mol. The van der Waals surface area contributed by atoms with Crippen molar-refractivity contribution in [3.63, 3.8) is 0 Å². The van der Waals surface area contributed by atoms with Gasteiger partial charge in [0.15, 0.2) is 0 Å². The van der Waals surface area contributed by atoms with Crippen LogP contribution in [-0.2, 0) is 13.1 Å². The molecule has 0 saturated carbocycles. The normalized spacial score (nSPS) is 14.3. The Morgan fingerprint density at radius 3 is 2.21 bits per heavy atom. The summed E-state index contributed by atoms with van der Waals surface area (Å²) in [5, 5.41) is 4.84. The quantitative estimate of drug-likeness (QED) is 0.440. The minimum atomic E-state index is 0.0541. The molecule has 1 aliphatic heterocycles. The zero-order chi connectivity index (χ0) is 23.3. The lowest BCUT2D eigenvalue weighted by atomic mass is 10.1. The fraction of sp³-hybridized carbons (Fsp3) is 0.250. The third-order valence-electron chi connectivity index (χ3n) is 6.32. The Morgan fingerprint density at radius 1 is 0.824 bits per heavy atom. The van der Waals surface area contributed by atoms with Crippen molar-refractivity contribution in [2.75, 3.05) is 26.2 Å². The molecule has 1 fully saturated rings. The number of piperazine rings is 1. The lowest BCUT2D eigenvalue weighted by Gasteiger charge is -2.34. The van der Waals surface area contributed by atoms with Crippen LogP contribution >= 0.6 is 0 Å². The molecule has 6 nitrogen and oxygen atoms in total. The first-order chi connectivity index (χ1) is 16.7. The molecule has 172 valence electrons. The van der Waals surface area contributed by atoms with Crippen molar-refractivity contribution in [2.24, 2.45) is 0 Å². The highest BCUT2D eigenvalue weighted by molar-refractivity contribution is 5.99. The first kappa shape index (κ1) is 22.0. The van der Waals surface area contributed by atoms with Crippen molar-refractivity contribution in [1.82, 2.24) is 24.6 Å². The number of carbonyl (C=O) groups excluding carboxylic acids is 1. The van der Waals surface area contributed by atoms with Gasteiger partial charge >= 0.3 is 0 Å². The number of rotatable bonds is 6. The van der Waals surface area contributed by atoms with E-state index in [0.29, 0.717) is 25.2 Å². The number of aryl methyl sites for hydroxylation is 1. The van der Waals surface area contributed by atoms with Crippen molar-refractivity contribution in [1.29, 1.82) is 0 Å². The second-order valence-corrected chi connectivity index (χ2v) is 8.86. The van der Waals surface area contributed by atoms with Crippen LogP contribution < -0.4 is 0 Å². The standard InChI is InChI=1S/C28H29N5O/c1-22-7-9-25(10-8-22)27-26(21-33(30-27)20-23-5-3-2-4-6-23)28(34)32-17-15-31(16-18-32)19-24-11-13-29-14-12-24/h2-14,21H,15-20H2,1H3. The molecule has 2 aromatic carbocycles. The highest BCUT2D eigenvalue weighted by atomic mass is 16.2. The molecule has 0 aliphatic carbocycles. The summed E-state index contributed by atoms with van der Waals surface area (Å²) in [4.78, 5) is 22.1. The van der Waals surface area contributed by atoms with E-state index in [1.165, 1.54) is 11.1 Å². The number of nitrogens with zero attached hydrogens (tertiary/aromatic N) is 5. The Morgan fingerprint density at radius 2 is 1.50 bits per heavy atom. The molecule has 1 amide bonds. The Bertz CT molecular complexity index is 1230. The second kappa shape index (κ2) is 10.0. The zero-order valence-corrected chi connectivity index (χ0v) is 19.5. The van der Waals surface area contributed by atoms with Gasteiger partial charge in [-0.25, -0.2) is 0 Å². The van der Waals surface area contributed by atoms with E-state index < -0.39 is 0 Å². The number of amides is 1. The van der Waals surface area contributed by atoms with E-state index in [2.05, 4.69) is 41.1 Å². The topological polar surface area (TPSA) is 54.3 Å². The van der Waals surface area contributed by atoms with Gasteiger partial charge in [-0.15, -0.1) is 0 Å².